The average molecular weight is 230 g/mol. The normalized spacial score (nSPS) is 9.94. The van der Waals surface area contributed by atoms with Crippen LogP contribution in [-0.2, 0) is 6.61 Å². The largest absolute Gasteiger partial charge is 0.497 e. The third-order valence-corrected chi connectivity index (χ3v) is 2.32. The summed E-state index contributed by atoms with van der Waals surface area (Å²) in [6, 6.07) is 11.0. The molecule has 88 valence electrons. The van der Waals surface area contributed by atoms with E-state index in [1.807, 2.05) is 24.3 Å². The number of pyridine rings is 1. The van der Waals surface area contributed by atoms with Gasteiger partial charge in [0, 0.05) is 12.3 Å². The van der Waals surface area contributed by atoms with Crippen LogP contribution in [0.3, 0.4) is 0 Å². The Morgan fingerprint density at radius 2 is 2.12 bits per heavy atom. The number of nitrogen functional groups attached to an aromatic ring is 1. The molecule has 0 bridgehead atoms. The molecule has 4 nitrogen and oxygen atoms in total. The Morgan fingerprint density at radius 1 is 1.24 bits per heavy atom. The van der Waals surface area contributed by atoms with E-state index in [0.29, 0.717) is 23.8 Å². The zero-order valence-electron chi connectivity index (χ0n) is 9.59. The SMILES string of the molecule is COc1ccc(OCc2ccccn2)c(N)c1. The number of aromatic nitrogens is 1. The fraction of sp³-hybridized carbons (Fsp3) is 0.154. The van der Waals surface area contributed by atoms with Crippen molar-refractivity contribution in [2.45, 2.75) is 6.61 Å². The number of nitrogens with two attached hydrogens (primary N) is 1. The first-order valence-electron chi connectivity index (χ1n) is 5.26. The highest BCUT2D eigenvalue weighted by molar-refractivity contribution is 5.56. The number of hydrogen-bond donors (Lipinski definition) is 1. The van der Waals surface area contributed by atoms with E-state index >= 15 is 0 Å². The Bertz CT molecular complexity index is 486. The predicted molar refractivity (Wildman–Crippen MR) is 66.0 cm³/mol. The van der Waals surface area contributed by atoms with E-state index in [4.69, 9.17) is 15.2 Å². The first-order valence-corrected chi connectivity index (χ1v) is 5.26. The van der Waals surface area contributed by atoms with Crippen molar-refractivity contribution in [3.05, 3.63) is 48.3 Å². The lowest BCUT2D eigenvalue weighted by molar-refractivity contribution is 0.302. The van der Waals surface area contributed by atoms with Crippen molar-refractivity contribution in [2.75, 3.05) is 12.8 Å². The Labute approximate surface area is 100 Å². The third kappa shape index (κ3) is 2.87. The molecule has 0 amide bonds. The molecule has 0 fully saturated rings. The van der Waals surface area contributed by atoms with Gasteiger partial charge in [0.05, 0.1) is 18.5 Å². The summed E-state index contributed by atoms with van der Waals surface area (Å²) >= 11 is 0. The molecule has 1 heterocycles. The van der Waals surface area contributed by atoms with Gasteiger partial charge in [-0.05, 0) is 24.3 Å². The fourth-order valence-electron chi connectivity index (χ4n) is 1.42. The molecule has 2 N–H and O–H groups in total. The van der Waals surface area contributed by atoms with Crippen molar-refractivity contribution >= 4 is 5.69 Å². The lowest BCUT2D eigenvalue weighted by Crippen LogP contribution is -2.00. The number of ether oxygens (including phenoxy) is 2. The molecule has 1 aromatic heterocycles. The number of anilines is 1. The quantitative estimate of drug-likeness (QED) is 0.818. The number of nitrogens with zero attached hydrogens (tertiary/aromatic N) is 1. The molecule has 0 spiro atoms. The van der Waals surface area contributed by atoms with E-state index in [2.05, 4.69) is 4.98 Å². The number of hydrogen-bond acceptors (Lipinski definition) is 4. The van der Waals surface area contributed by atoms with Gasteiger partial charge in [0.2, 0.25) is 0 Å². The van der Waals surface area contributed by atoms with Gasteiger partial charge in [0.15, 0.2) is 0 Å². The van der Waals surface area contributed by atoms with Crippen LogP contribution in [0.15, 0.2) is 42.6 Å². The molecule has 17 heavy (non-hydrogen) atoms. The second-order valence-corrected chi connectivity index (χ2v) is 3.51. The Kier molecular flexibility index (Phi) is 3.45. The predicted octanol–water partition coefficient (Wildman–Crippen LogP) is 2.25. The van der Waals surface area contributed by atoms with Gasteiger partial charge in [-0.15, -0.1) is 0 Å². The maximum absolute atomic E-state index is 5.84. The monoisotopic (exact) mass is 230 g/mol. The molecule has 4 heteroatoms. The molecule has 1 aromatic carbocycles. The van der Waals surface area contributed by atoms with Crippen LogP contribution >= 0.6 is 0 Å². The Morgan fingerprint density at radius 3 is 2.76 bits per heavy atom. The number of methoxy groups -OCH3 is 1. The van der Waals surface area contributed by atoms with Gasteiger partial charge >= 0.3 is 0 Å². The van der Waals surface area contributed by atoms with Crippen LogP contribution in [0.5, 0.6) is 11.5 Å². The summed E-state index contributed by atoms with van der Waals surface area (Å²) < 4.78 is 10.6. The van der Waals surface area contributed by atoms with E-state index in [0.717, 1.165) is 5.69 Å². The summed E-state index contributed by atoms with van der Waals surface area (Å²) in [5, 5.41) is 0. The van der Waals surface area contributed by atoms with Crippen LogP contribution in [0.2, 0.25) is 0 Å². The van der Waals surface area contributed by atoms with Crippen molar-refractivity contribution in [1.82, 2.24) is 4.98 Å². The van der Waals surface area contributed by atoms with E-state index in [9.17, 15) is 0 Å². The first kappa shape index (κ1) is 11.3. The Hall–Kier alpha value is -2.23. The maximum Gasteiger partial charge on any atom is 0.143 e. The lowest BCUT2D eigenvalue weighted by Gasteiger charge is -2.09. The smallest absolute Gasteiger partial charge is 0.143 e. The minimum atomic E-state index is 0.400. The molecule has 2 rings (SSSR count). The van der Waals surface area contributed by atoms with Crippen LogP contribution in [0, 0.1) is 0 Å². The van der Waals surface area contributed by atoms with Crippen LogP contribution in [-0.4, -0.2) is 12.1 Å². The second kappa shape index (κ2) is 5.21. The molecule has 0 aliphatic carbocycles. The van der Waals surface area contributed by atoms with Crippen LogP contribution in [0.25, 0.3) is 0 Å². The van der Waals surface area contributed by atoms with Gasteiger partial charge in [-0.25, -0.2) is 0 Å². The molecule has 2 aromatic rings. The van der Waals surface area contributed by atoms with E-state index < -0.39 is 0 Å². The first-order chi connectivity index (χ1) is 8.29. The van der Waals surface area contributed by atoms with Gasteiger partial charge < -0.3 is 15.2 Å². The molecular weight excluding hydrogens is 216 g/mol. The summed E-state index contributed by atoms with van der Waals surface area (Å²) in [5.41, 5.74) is 7.26. The summed E-state index contributed by atoms with van der Waals surface area (Å²) in [6.07, 6.45) is 1.73. The lowest BCUT2D eigenvalue weighted by atomic mass is 10.3. The van der Waals surface area contributed by atoms with Gasteiger partial charge in [0.25, 0.3) is 0 Å². The van der Waals surface area contributed by atoms with E-state index in [-0.39, 0.29) is 0 Å². The number of benzene rings is 1. The van der Waals surface area contributed by atoms with Crippen molar-refractivity contribution in [3.8, 4) is 11.5 Å². The molecule has 0 aliphatic rings. The molecular formula is C13H14N2O2. The maximum atomic E-state index is 5.84. The highest BCUT2D eigenvalue weighted by atomic mass is 16.5. The summed E-state index contributed by atoms with van der Waals surface area (Å²) in [6.45, 7) is 0.400. The summed E-state index contributed by atoms with van der Waals surface area (Å²) in [7, 11) is 1.60. The fourth-order valence-corrected chi connectivity index (χ4v) is 1.42. The summed E-state index contributed by atoms with van der Waals surface area (Å²) in [4.78, 5) is 4.17. The minimum Gasteiger partial charge on any atom is -0.497 e. The van der Waals surface area contributed by atoms with E-state index in [1.165, 1.54) is 0 Å². The highest BCUT2D eigenvalue weighted by Gasteiger charge is 2.02. The standard InChI is InChI=1S/C13H14N2O2/c1-16-11-5-6-13(12(14)8-11)17-9-10-4-2-3-7-15-10/h2-8H,9,14H2,1H3. The van der Waals surface area contributed by atoms with Crippen molar-refractivity contribution in [1.29, 1.82) is 0 Å². The van der Waals surface area contributed by atoms with Gasteiger partial charge in [0.1, 0.15) is 18.1 Å². The topological polar surface area (TPSA) is 57.4 Å². The van der Waals surface area contributed by atoms with Gasteiger partial charge in [-0.1, -0.05) is 6.07 Å². The molecule has 0 aliphatic heterocycles. The molecule has 0 saturated carbocycles. The second-order valence-electron chi connectivity index (χ2n) is 3.51. The van der Waals surface area contributed by atoms with Gasteiger partial charge in [-0.2, -0.15) is 0 Å². The van der Waals surface area contributed by atoms with Crippen molar-refractivity contribution < 1.29 is 9.47 Å². The molecule has 0 unspecified atom stereocenters. The van der Waals surface area contributed by atoms with Crippen LogP contribution in [0.1, 0.15) is 5.69 Å². The van der Waals surface area contributed by atoms with Crippen LogP contribution < -0.4 is 15.2 Å². The number of rotatable bonds is 4. The molecule has 0 saturated heterocycles. The summed E-state index contributed by atoms with van der Waals surface area (Å²) in [5.74, 6) is 1.35. The molecule has 0 atom stereocenters. The average Bonchev–Trinajstić information content (AvgIpc) is 2.38. The van der Waals surface area contributed by atoms with Crippen LogP contribution in [0.4, 0.5) is 5.69 Å². The van der Waals surface area contributed by atoms with E-state index in [1.54, 1.807) is 25.4 Å². The Balaban J connectivity index is 2.04. The zero-order chi connectivity index (χ0) is 12.1. The van der Waals surface area contributed by atoms with Gasteiger partial charge in [-0.3, -0.25) is 4.98 Å². The highest BCUT2D eigenvalue weighted by Crippen LogP contribution is 2.26. The molecule has 0 radical (unpaired) electrons. The third-order valence-electron chi connectivity index (χ3n) is 2.32. The van der Waals surface area contributed by atoms with Crippen molar-refractivity contribution in [2.24, 2.45) is 0 Å². The van der Waals surface area contributed by atoms with Crippen molar-refractivity contribution in [3.63, 3.8) is 0 Å². The minimum absolute atomic E-state index is 0.400. The zero-order valence-corrected chi connectivity index (χ0v) is 9.59.